The summed E-state index contributed by atoms with van der Waals surface area (Å²) < 4.78 is 4.54. The maximum Gasteiger partial charge on any atom is 0.339 e. The molecular weight excluding hydrogens is 253 g/mol. The summed E-state index contributed by atoms with van der Waals surface area (Å²) in [5, 5.41) is 2.86. The van der Waals surface area contributed by atoms with E-state index >= 15 is 0 Å². The maximum atomic E-state index is 11.3. The molecule has 1 amide bonds. The van der Waals surface area contributed by atoms with E-state index in [4.69, 9.17) is 23.2 Å². The minimum atomic E-state index is -0.612. The molecule has 0 spiro atoms. The zero-order valence-corrected chi connectivity index (χ0v) is 10.1. The second kappa shape index (κ2) is 5.18. The summed E-state index contributed by atoms with van der Waals surface area (Å²) in [4.78, 5) is 22.2. The van der Waals surface area contributed by atoms with E-state index in [9.17, 15) is 9.59 Å². The third kappa shape index (κ3) is 2.87. The molecule has 0 bridgehead atoms. The van der Waals surface area contributed by atoms with E-state index in [1.54, 1.807) is 0 Å². The van der Waals surface area contributed by atoms with Crippen LogP contribution in [0.3, 0.4) is 0 Å². The molecule has 6 heteroatoms. The number of rotatable bonds is 2. The largest absolute Gasteiger partial charge is 0.465 e. The highest BCUT2D eigenvalue weighted by molar-refractivity contribution is 6.38. The highest BCUT2D eigenvalue weighted by Crippen LogP contribution is 2.30. The predicted molar refractivity (Wildman–Crippen MR) is 62.1 cm³/mol. The quantitative estimate of drug-likeness (QED) is 0.833. The van der Waals surface area contributed by atoms with Crippen molar-refractivity contribution in [2.45, 2.75) is 6.92 Å². The number of benzene rings is 1. The SMILES string of the molecule is COC(=O)c1cc(Cl)cc(NC(C)=O)c1Cl. The predicted octanol–water partition coefficient (Wildman–Crippen LogP) is 2.74. The molecule has 0 aliphatic carbocycles. The van der Waals surface area contributed by atoms with Gasteiger partial charge in [-0.05, 0) is 12.1 Å². The number of hydrogen-bond donors (Lipinski definition) is 1. The molecule has 0 aromatic heterocycles. The normalized spacial score (nSPS) is 9.75. The van der Waals surface area contributed by atoms with Crippen LogP contribution in [0.4, 0.5) is 5.69 Å². The second-order valence-corrected chi connectivity index (χ2v) is 3.80. The van der Waals surface area contributed by atoms with Crippen LogP contribution >= 0.6 is 23.2 Å². The van der Waals surface area contributed by atoms with E-state index in [1.807, 2.05) is 0 Å². The fourth-order valence-electron chi connectivity index (χ4n) is 1.13. The molecule has 1 rings (SSSR count). The Morgan fingerprint density at radius 1 is 1.31 bits per heavy atom. The third-order valence-electron chi connectivity index (χ3n) is 1.75. The van der Waals surface area contributed by atoms with Crippen molar-refractivity contribution in [2.24, 2.45) is 0 Å². The number of anilines is 1. The Labute approximate surface area is 102 Å². The van der Waals surface area contributed by atoms with Gasteiger partial charge in [-0.1, -0.05) is 23.2 Å². The van der Waals surface area contributed by atoms with Crippen LogP contribution < -0.4 is 5.32 Å². The molecule has 0 aliphatic heterocycles. The lowest BCUT2D eigenvalue weighted by molar-refractivity contribution is -0.114. The molecule has 86 valence electrons. The molecule has 0 saturated heterocycles. The lowest BCUT2D eigenvalue weighted by atomic mass is 10.2. The summed E-state index contributed by atoms with van der Waals surface area (Å²) >= 11 is 11.7. The summed E-state index contributed by atoms with van der Waals surface area (Å²) in [6.07, 6.45) is 0. The lowest BCUT2D eigenvalue weighted by Gasteiger charge is -2.09. The average molecular weight is 262 g/mol. The highest BCUT2D eigenvalue weighted by atomic mass is 35.5. The average Bonchev–Trinajstić information content (AvgIpc) is 2.21. The van der Waals surface area contributed by atoms with Crippen LogP contribution in [0.15, 0.2) is 12.1 Å². The van der Waals surface area contributed by atoms with Crippen molar-refractivity contribution >= 4 is 40.8 Å². The zero-order chi connectivity index (χ0) is 12.3. The van der Waals surface area contributed by atoms with Crippen LogP contribution in [0.2, 0.25) is 10.0 Å². The van der Waals surface area contributed by atoms with E-state index in [2.05, 4.69) is 10.1 Å². The number of methoxy groups -OCH3 is 1. The number of amides is 1. The Kier molecular flexibility index (Phi) is 4.15. The van der Waals surface area contributed by atoms with Crippen molar-refractivity contribution in [3.05, 3.63) is 27.7 Å². The van der Waals surface area contributed by atoms with E-state index in [0.717, 1.165) is 0 Å². The van der Waals surface area contributed by atoms with E-state index in [0.29, 0.717) is 0 Å². The van der Waals surface area contributed by atoms with Gasteiger partial charge >= 0.3 is 5.97 Å². The first-order chi connectivity index (χ1) is 7.45. The fraction of sp³-hybridized carbons (Fsp3) is 0.200. The number of nitrogens with one attached hydrogen (secondary N) is 1. The number of carbonyl (C=O) groups excluding carboxylic acids is 2. The van der Waals surface area contributed by atoms with Gasteiger partial charge in [0.2, 0.25) is 5.91 Å². The lowest BCUT2D eigenvalue weighted by Crippen LogP contribution is -2.09. The standard InChI is InChI=1S/C10H9Cl2NO3/c1-5(14)13-8-4-6(11)3-7(9(8)12)10(15)16-2/h3-4H,1-2H3,(H,13,14). The van der Waals surface area contributed by atoms with E-state index in [-0.39, 0.29) is 27.2 Å². The number of halogens is 2. The number of ether oxygens (including phenoxy) is 1. The molecule has 1 N–H and O–H groups in total. The van der Waals surface area contributed by atoms with Gasteiger partial charge in [-0.3, -0.25) is 4.79 Å². The Morgan fingerprint density at radius 2 is 1.94 bits per heavy atom. The molecule has 0 heterocycles. The maximum absolute atomic E-state index is 11.3. The minimum absolute atomic E-state index is 0.103. The van der Waals surface area contributed by atoms with Gasteiger partial charge in [-0.15, -0.1) is 0 Å². The van der Waals surface area contributed by atoms with Crippen molar-refractivity contribution in [1.82, 2.24) is 0 Å². The molecule has 0 atom stereocenters. The van der Waals surface area contributed by atoms with Gasteiger partial charge in [-0.25, -0.2) is 4.79 Å². The van der Waals surface area contributed by atoms with Crippen molar-refractivity contribution in [3.63, 3.8) is 0 Å². The molecule has 0 saturated carbocycles. The van der Waals surface area contributed by atoms with Gasteiger partial charge < -0.3 is 10.1 Å². The van der Waals surface area contributed by atoms with Crippen molar-refractivity contribution < 1.29 is 14.3 Å². The monoisotopic (exact) mass is 261 g/mol. The van der Waals surface area contributed by atoms with Gasteiger partial charge in [0.15, 0.2) is 0 Å². The zero-order valence-electron chi connectivity index (χ0n) is 8.64. The molecule has 16 heavy (non-hydrogen) atoms. The number of esters is 1. The topological polar surface area (TPSA) is 55.4 Å². The summed E-state index contributed by atoms with van der Waals surface area (Å²) in [5.41, 5.74) is 0.391. The van der Waals surface area contributed by atoms with E-state index in [1.165, 1.54) is 26.2 Å². The first kappa shape index (κ1) is 12.8. The molecular formula is C10H9Cl2NO3. The van der Waals surface area contributed by atoms with Gasteiger partial charge in [0.05, 0.1) is 23.4 Å². The van der Waals surface area contributed by atoms with Crippen LogP contribution in [-0.4, -0.2) is 19.0 Å². The summed E-state index contributed by atoms with van der Waals surface area (Å²) in [5.74, 6) is -0.918. The van der Waals surface area contributed by atoms with Crippen LogP contribution in [0, 0.1) is 0 Å². The van der Waals surface area contributed by atoms with Crippen molar-refractivity contribution in [2.75, 3.05) is 12.4 Å². The van der Waals surface area contributed by atoms with Gasteiger partial charge in [0.25, 0.3) is 0 Å². The molecule has 0 aliphatic rings. The molecule has 1 aromatic rings. The Bertz CT molecular complexity index is 446. The van der Waals surface area contributed by atoms with Gasteiger partial charge in [0.1, 0.15) is 0 Å². The molecule has 0 unspecified atom stereocenters. The summed E-state index contributed by atoms with van der Waals surface area (Å²) in [7, 11) is 1.23. The van der Waals surface area contributed by atoms with Crippen LogP contribution in [0.5, 0.6) is 0 Å². The second-order valence-electron chi connectivity index (χ2n) is 2.99. The van der Waals surface area contributed by atoms with Crippen LogP contribution in [-0.2, 0) is 9.53 Å². The number of carbonyl (C=O) groups is 2. The van der Waals surface area contributed by atoms with Gasteiger partial charge in [0, 0.05) is 11.9 Å². The Balaban J connectivity index is 3.25. The fourth-order valence-corrected chi connectivity index (χ4v) is 1.58. The van der Waals surface area contributed by atoms with Crippen LogP contribution in [0.25, 0.3) is 0 Å². The Hall–Kier alpha value is -1.26. The summed E-state index contributed by atoms with van der Waals surface area (Å²) in [6.45, 7) is 1.33. The minimum Gasteiger partial charge on any atom is -0.465 e. The number of hydrogen-bond acceptors (Lipinski definition) is 3. The smallest absolute Gasteiger partial charge is 0.339 e. The molecule has 0 fully saturated rings. The highest BCUT2D eigenvalue weighted by Gasteiger charge is 2.16. The third-order valence-corrected chi connectivity index (χ3v) is 2.38. The Morgan fingerprint density at radius 3 is 2.44 bits per heavy atom. The molecule has 4 nitrogen and oxygen atoms in total. The first-order valence-electron chi connectivity index (χ1n) is 4.30. The van der Waals surface area contributed by atoms with Crippen LogP contribution in [0.1, 0.15) is 17.3 Å². The summed E-state index contributed by atoms with van der Waals surface area (Å²) in [6, 6.07) is 2.83. The van der Waals surface area contributed by atoms with Gasteiger partial charge in [-0.2, -0.15) is 0 Å². The van der Waals surface area contributed by atoms with E-state index < -0.39 is 5.97 Å². The first-order valence-corrected chi connectivity index (χ1v) is 5.06. The van der Waals surface area contributed by atoms with Crippen molar-refractivity contribution in [1.29, 1.82) is 0 Å². The molecule has 1 aromatic carbocycles. The molecule has 0 radical (unpaired) electrons. The van der Waals surface area contributed by atoms with Crippen molar-refractivity contribution in [3.8, 4) is 0 Å².